The highest BCUT2D eigenvalue weighted by Gasteiger charge is 2.15. The highest BCUT2D eigenvalue weighted by atomic mass is 32.1. The van der Waals surface area contributed by atoms with Crippen LogP contribution in [0.25, 0.3) is 0 Å². The predicted molar refractivity (Wildman–Crippen MR) is 64.1 cm³/mol. The number of carboxylic acid groups (broad SMARTS) is 1. The van der Waals surface area contributed by atoms with Gasteiger partial charge in [-0.2, -0.15) is 0 Å². The van der Waals surface area contributed by atoms with Crippen LogP contribution in [0.2, 0.25) is 0 Å². The number of aliphatic carboxylic acids is 1. The molecule has 1 heterocycles. The van der Waals surface area contributed by atoms with Crippen molar-refractivity contribution in [2.75, 3.05) is 18.0 Å². The van der Waals surface area contributed by atoms with Crippen LogP contribution in [0.15, 0.2) is 0 Å². The first-order chi connectivity index (χ1) is 7.54. The lowest BCUT2D eigenvalue weighted by molar-refractivity contribution is -0.135. The van der Waals surface area contributed by atoms with E-state index >= 15 is 0 Å². The first-order valence-electron chi connectivity index (χ1n) is 5.34. The van der Waals surface area contributed by atoms with Crippen LogP contribution < -0.4 is 4.90 Å². The van der Waals surface area contributed by atoms with E-state index in [0.717, 1.165) is 11.4 Å². The van der Waals surface area contributed by atoms with Crippen LogP contribution in [0.4, 0.5) is 5.13 Å². The lowest BCUT2D eigenvalue weighted by Crippen LogP contribution is -2.30. The van der Waals surface area contributed by atoms with Gasteiger partial charge in [0.25, 0.3) is 0 Å². The number of rotatable bonds is 6. The summed E-state index contributed by atoms with van der Waals surface area (Å²) in [6.07, 6.45) is 0.893. The van der Waals surface area contributed by atoms with Gasteiger partial charge in [0.15, 0.2) is 0 Å². The molecule has 0 bridgehead atoms. The maximum absolute atomic E-state index is 10.7. The molecule has 0 radical (unpaired) electrons. The second-order valence-electron chi connectivity index (χ2n) is 3.89. The molecule has 0 aromatic carbocycles. The van der Waals surface area contributed by atoms with Crippen LogP contribution in [0.1, 0.15) is 38.1 Å². The molecule has 0 atom stereocenters. The average molecular weight is 243 g/mol. The second-order valence-corrected chi connectivity index (χ2v) is 4.88. The zero-order valence-corrected chi connectivity index (χ0v) is 10.6. The van der Waals surface area contributed by atoms with Crippen molar-refractivity contribution in [3.05, 3.63) is 5.01 Å². The third-order valence-electron chi connectivity index (χ3n) is 2.01. The molecular formula is C10H17N3O2S. The molecule has 0 aliphatic heterocycles. The maximum Gasteiger partial charge on any atom is 0.323 e. The minimum absolute atomic E-state index is 0.0133. The monoisotopic (exact) mass is 243 g/mol. The minimum atomic E-state index is -0.838. The number of nitrogens with zero attached hydrogens (tertiary/aromatic N) is 3. The summed E-state index contributed by atoms with van der Waals surface area (Å²) in [6, 6.07) is 0. The van der Waals surface area contributed by atoms with Gasteiger partial charge in [-0.25, -0.2) is 0 Å². The van der Waals surface area contributed by atoms with Gasteiger partial charge < -0.3 is 10.0 Å². The molecule has 5 nitrogen and oxygen atoms in total. The molecule has 0 saturated heterocycles. The molecule has 0 aliphatic rings. The second kappa shape index (κ2) is 5.79. The van der Waals surface area contributed by atoms with Crippen molar-refractivity contribution in [2.24, 2.45) is 0 Å². The molecule has 0 unspecified atom stereocenters. The van der Waals surface area contributed by atoms with Gasteiger partial charge in [0, 0.05) is 12.5 Å². The molecule has 90 valence electrons. The molecule has 0 amide bonds. The molecule has 1 aromatic rings. The topological polar surface area (TPSA) is 66.3 Å². The van der Waals surface area contributed by atoms with Crippen molar-refractivity contribution in [1.82, 2.24) is 10.2 Å². The van der Waals surface area contributed by atoms with Crippen molar-refractivity contribution >= 4 is 22.4 Å². The van der Waals surface area contributed by atoms with Gasteiger partial charge in [-0.3, -0.25) is 4.79 Å². The zero-order chi connectivity index (χ0) is 12.1. The smallest absolute Gasteiger partial charge is 0.323 e. The van der Waals surface area contributed by atoms with E-state index in [-0.39, 0.29) is 6.54 Å². The lowest BCUT2D eigenvalue weighted by Gasteiger charge is -2.17. The van der Waals surface area contributed by atoms with Crippen molar-refractivity contribution in [1.29, 1.82) is 0 Å². The molecule has 0 saturated carbocycles. The number of hydrogen-bond donors (Lipinski definition) is 1. The van der Waals surface area contributed by atoms with Crippen LogP contribution in [-0.2, 0) is 4.79 Å². The first kappa shape index (κ1) is 12.9. The van der Waals surface area contributed by atoms with E-state index in [1.165, 1.54) is 11.3 Å². The summed E-state index contributed by atoms with van der Waals surface area (Å²) < 4.78 is 0. The number of hydrogen-bond acceptors (Lipinski definition) is 5. The lowest BCUT2D eigenvalue weighted by atomic mass is 10.2. The van der Waals surface area contributed by atoms with Crippen molar-refractivity contribution in [3.8, 4) is 0 Å². The number of carbonyl (C=O) groups is 1. The Morgan fingerprint density at radius 2 is 2.19 bits per heavy atom. The molecule has 1 aromatic heterocycles. The molecule has 0 aliphatic carbocycles. The Labute approximate surface area is 99.1 Å². The van der Waals surface area contributed by atoms with E-state index in [2.05, 4.69) is 10.2 Å². The molecule has 1 N–H and O–H groups in total. The van der Waals surface area contributed by atoms with Gasteiger partial charge in [-0.1, -0.05) is 32.1 Å². The van der Waals surface area contributed by atoms with Crippen LogP contribution in [-0.4, -0.2) is 34.4 Å². The van der Waals surface area contributed by atoms with Crippen LogP contribution >= 0.6 is 11.3 Å². The maximum atomic E-state index is 10.7. The third kappa shape index (κ3) is 3.44. The van der Waals surface area contributed by atoms with Gasteiger partial charge in [-0.05, 0) is 6.42 Å². The summed E-state index contributed by atoms with van der Waals surface area (Å²) in [5.74, 6) is -0.505. The Bertz CT molecular complexity index is 352. The van der Waals surface area contributed by atoms with Gasteiger partial charge >= 0.3 is 5.97 Å². The Hall–Kier alpha value is -1.17. The molecule has 16 heavy (non-hydrogen) atoms. The van der Waals surface area contributed by atoms with Gasteiger partial charge in [0.1, 0.15) is 11.6 Å². The fourth-order valence-corrected chi connectivity index (χ4v) is 2.13. The summed E-state index contributed by atoms with van der Waals surface area (Å²) in [5, 5.41) is 18.6. The van der Waals surface area contributed by atoms with Gasteiger partial charge in [0.05, 0.1) is 0 Å². The third-order valence-corrected chi connectivity index (χ3v) is 3.30. The van der Waals surface area contributed by atoms with E-state index in [1.807, 2.05) is 20.8 Å². The molecular weight excluding hydrogens is 226 g/mol. The van der Waals surface area contributed by atoms with E-state index < -0.39 is 5.97 Å². The molecule has 1 rings (SSSR count). The normalized spacial score (nSPS) is 10.8. The molecule has 6 heteroatoms. The van der Waals surface area contributed by atoms with Crippen molar-refractivity contribution in [3.63, 3.8) is 0 Å². The fourth-order valence-electron chi connectivity index (χ4n) is 1.26. The SMILES string of the molecule is CCCN(CC(=O)O)c1nnc(C(C)C)s1. The summed E-state index contributed by atoms with van der Waals surface area (Å²) in [5.41, 5.74) is 0. The largest absolute Gasteiger partial charge is 0.480 e. The Morgan fingerprint density at radius 1 is 1.50 bits per heavy atom. The average Bonchev–Trinajstić information content (AvgIpc) is 2.65. The van der Waals surface area contributed by atoms with Crippen molar-refractivity contribution < 1.29 is 9.90 Å². The fraction of sp³-hybridized carbons (Fsp3) is 0.700. The van der Waals surface area contributed by atoms with E-state index in [9.17, 15) is 4.79 Å². The van der Waals surface area contributed by atoms with E-state index in [0.29, 0.717) is 17.6 Å². The highest BCUT2D eigenvalue weighted by molar-refractivity contribution is 7.15. The molecule has 0 fully saturated rings. The zero-order valence-electron chi connectivity index (χ0n) is 9.80. The summed E-state index contributed by atoms with van der Waals surface area (Å²) in [4.78, 5) is 12.5. The summed E-state index contributed by atoms with van der Waals surface area (Å²) in [6.45, 7) is 6.79. The molecule has 0 spiro atoms. The summed E-state index contributed by atoms with van der Waals surface area (Å²) >= 11 is 1.47. The number of aromatic nitrogens is 2. The summed E-state index contributed by atoms with van der Waals surface area (Å²) in [7, 11) is 0. The standard InChI is InChI=1S/C10H17N3O2S/c1-4-5-13(6-8(14)15)10-12-11-9(16-10)7(2)3/h7H,4-6H2,1-3H3,(H,14,15). The number of anilines is 1. The Kier molecular flexibility index (Phi) is 4.67. The van der Waals surface area contributed by atoms with Gasteiger partial charge in [0.2, 0.25) is 5.13 Å². The number of carboxylic acids is 1. The van der Waals surface area contributed by atoms with E-state index in [1.54, 1.807) is 4.90 Å². The quantitative estimate of drug-likeness (QED) is 0.827. The minimum Gasteiger partial charge on any atom is -0.480 e. The van der Waals surface area contributed by atoms with Crippen LogP contribution in [0.3, 0.4) is 0 Å². The first-order valence-corrected chi connectivity index (χ1v) is 6.16. The van der Waals surface area contributed by atoms with Crippen LogP contribution in [0.5, 0.6) is 0 Å². The van der Waals surface area contributed by atoms with E-state index in [4.69, 9.17) is 5.11 Å². The van der Waals surface area contributed by atoms with Crippen LogP contribution in [0, 0.1) is 0 Å². The van der Waals surface area contributed by atoms with Gasteiger partial charge in [-0.15, -0.1) is 10.2 Å². The predicted octanol–water partition coefficient (Wildman–Crippen LogP) is 1.96. The highest BCUT2D eigenvalue weighted by Crippen LogP contribution is 2.25. The Morgan fingerprint density at radius 3 is 2.62 bits per heavy atom. The van der Waals surface area contributed by atoms with Crippen molar-refractivity contribution in [2.45, 2.75) is 33.1 Å². The Balaban J connectivity index is 2.79.